The molecule has 0 spiro atoms. The molecule has 4 unspecified atom stereocenters. The number of hydrogen-bond donors (Lipinski definition) is 7. The van der Waals surface area contributed by atoms with Gasteiger partial charge in [0.2, 0.25) is 17.1 Å². The maximum Gasteiger partial charge on any atom is 0.490 e. The molecule has 3 aromatic heterocycles. The lowest BCUT2D eigenvalue weighted by atomic mass is 9.93. The predicted octanol–water partition coefficient (Wildman–Crippen LogP) is 7.98. The van der Waals surface area contributed by atoms with Gasteiger partial charge in [-0.3, -0.25) is 18.9 Å². The van der Waals surface area contributed by atoms with E-state index in [1.807, 2.05) is 12.1 Å². The number of anilines is 2. The average molecular weight is 1410 g/mol. The molecule has 0 radical (unpaired) electrons. The van der Waals surface area contributed by atoms with Crippen LogP contribution < -0.4 is 44.8 Å². The Balaban J connectivity index is 0.674. The summed E-state index contributed by atoms with van der Waals surface area (Å²) in [5.41, 5.74) is 14.3. The van der Waals surface area contributed by atoms with Crippen molar-refractivity contribution in [2.24, 2.45) is 7.05 Å². The van der Waals surface area contributed by atoms with Gasteiger partial charge in [-0.15, -0.1) is 13.2 Å². The first kappa shape index (κ1) is 73.8. The third-order valence-electron chi connectivity index (χ3n) is 16.0. The number of nitrogens with zero attached hydrogens (tertiary/aromatic N) is 5. The molecule has 30 nitrogen and oxygen atoms in total. The number of nitrogen functional groups attached to an aromatic ring is 1. The van der Waals surface area contributed by atoms with Crippen LogP contribution in [0.3, 0.4) is 0 Å². The van der Waals surface area contributed by atoms with Crippen LogP contribution in [0.5, 0.6) is 23.0 Å². The molecular formula is C64H82N8O22P3+. The fraction of sp³-hybridized carbons (Fsp3) is 0.438. The second-order valence-electron chi connectivity index (χ2n) is 22.8. The maximum absolute atomic E-state index is 13.2. The Morgan fingerprint density at radius 2 is 1.68 bits per heavy atom. The van der Waals surface area contributed by atoms with Crippen LogP contribution in [0, 0.1) is 0 Å². The highest BCUT2D eigenvalue weighted by Gasteiger charge is 2.44. The normalized spacial score (nSPS) is 17.5. The van der Waals surface area contributed by atoms with Crippen LogP contribution in [0.4, 0.5) is 11.5 Å². The standard InChI is InChI=1S/C64H81N8O22P3/c1-6-26-85-41-90-55-34-58(92-56(55)38-91-96(79,80)94-97(81,82)93-95(76,77)78)72-35-44(60-62(65)68-40-69-63(60)72)16-9-10-19-47(73)37-89-59(86-27-7-2)39-87-48-20-13-17-43(29-48)64(75)67-23-12-8-11-22-66-57(74)21-15-25-71-24-14-18-42-30-49-52(33-51(42)71)88-36-46-28-45-31-53(83-4)54(84-5)32-50(45)70(3)61(46)49/h6-7,9,13,16-17,20,28-33,35,40,55-56,58-59H,1-2,8,10-12,14-15,18-19,21-27,34,36-39,41H2,3-5H3,(H7-,65,66,67,68,69,74,75,76,77,78,79,80,81,82)/p+1/b16-9+/t55?,56-,58-,59?/m1/s1. The number of unbranched alkanes of at least 4 members (excludes halogenated alkanes) is 2. The van der Waals surface area contributed by atoms with Crippen molar-refractivity contribution in [3.63, 3.8) is 0 Å². The van der Waals surface area contributed by atoms with Crippen LogP contribution in [0.15, 0.2) is 98.5 Å². The monoisotopic (exact) mass is 1410 g/mol. The van der Waals surface area contributed by atoms with Crippen LogP contribution in [0.25, 0.3) is 39.3 Å². The molecule has 524 valence electrons. The number of methoxy groups -OCH3 is 2. The van der Waals surface area contributed by atoms with E-state index in [-0.39, 0.29) is 75.9 Å². The van der Waals surface area contributed by atoms with Gasteiger partial charge in [-0.1, -0.05) is 30.4 Å². The molecule has 1 saturated heterocycles. The molecule has 0 bridgehead atoms. The zero-order chi connectivity index (χ0) is 69.3. The Bertz CT molecular complexity index is 3980. The quantitative estimate of drug-likeness (QED) is 0.00632. The number of nitrogens with one attached hydrogen (secondary N) is 2. The largest absolute Gasteiger partial charge is 0.493 e. The van der Waals surface area contributed by atoms with Gasteiger partial charge < -0.3 is 88.0 Å². The number of ether oxygens (including phenoxy) is 9. The van der Waals surface area contributed by atoms with Gasteiger partial charge in [-0.05, 0) is 86.9 Å². The second-order valence-corrected chi connectivity index (χ2v) is 27.3. The lowest BCUT2D eigenvalue weighted by molar-refractivity contribution is -0.634. The number of nitrogens with two attached hydrogens (primary N) is 1. The minimum Gasteiger partial charge on any atom is -0.493 e. The molecule has 1 fully saturated rings. The Hall–Kier alpha value is -7.47. The molecule has 3 aliphatic rings. The molecule has 0 saturated carbocycles. The van der Waals surface area contributed by atoms with Gasteiger partial charge in [-0.25, -0.2) is 23.7 Å². The Morgan fingerprint density at radius 1 is 0.897 bits per heavy atom. The van der Waals surface area contributed by atoms with Crippen molar-refractivity contribution in [3.8, 4) is 34.3 Å². The number of ketones is 1. The van der Waals surface area contributed by atoms with E-state index in [1.54, 1.807) is 61.4 Å². The highest BCUT2D eigenvalue weighted by atomic mass is 31.3. The summed E-state index contributed by atoms with van der Waals surface area (Å²) in [6, 6.07) is 17.3. The highest BCUT2D eigenvalue weighted by Crippen LogP contribution is 2.66. The van der Waals surface area contributed by atoms with Crippen molar-refractivity contribution < 1.29 is 108 Å². The number of pyridine rings is 1. The SMILES string of the molecule is C=CCOCOC1C[C@H](n2cc(/C=C/CCC(=O)COC(COc3cccc(C(=O)NCCCCCNC(=O)CCCN4CCCc5cc6c(cc54)OCc4cc5cc(OC)c(OC)cc5[n+](C)c4-6)c3)OCC=C)c3c(N)ncnc32)O[C@@H]1COP(=O)(O)OP(=O)(O)OP(=O)(O)O. The lowest BCUT2D eigenvalue weighted by Gasteiger charge is -2.33. The molecule has 33 heteroatoms. The Morgan fingerprint density at radius 3 is 2.45 bits per heavy atom. The van der Waals surface area contributed by atoms with Crippen molar-refractivity contribution in [2.75, 3.05) is 90.9 Å². The lowest BCUT2D eigenvalue weighted by Crippen LogP contribution is -2.35. The molecule has 3 aliphatic heterocycles. The third kappa shape index (κ3) is 20.3. The number of rotatable bonds is 39. The van der Waals surface area contributed by atoms with E-state index in [2.05, 4.69) is 77.1 Å². The number of benzene rings is 3. The fourth-order valence-electron chi connectivity index (χ4n) is 11.5. The smallest absolute Gasteiger partial charge is 0.490 e. The van der Waals surface area contributed by atoms with Crippen LogP contribution in [0.2, 0.25) is 0 Å². The summed E-state index contributed by atoms with van der Waals surface area (Å²) in [6.45, 7) is 9.08. The summed E-state index contributed by atoms with van der Waals surface area (Å²) in [7, 11) is -11.6. The first-order chi connectivity index (χ1) is 46.6. The highest BCUT2D eigenvalue weighted by molar-refractivity contribution is 7.66. The minimum atomic E-state index is -5.79. The molecule has 6 aromatic rings. The van der Waals surface area contributed by atoms with Gasteiger partial charge in [0.15, 0.2) is 23.6 Å². The first-order valence-electron chi connectivity index (χ1n) is 31.3. The van der Waals surface area contributed by atoms with Gasteiger partial charge >= 0.3 is 23.5 Å². The van der Waals surface area contributed by atoms with Crippen LogP contribution >= 0.6 is 23.5 Å². The molecule has 0 aliphatic carbocycles. The summed E-state index contributed by atoms with van der Waals surface area (Å²) in [5.74, 6) is 2.17. The number of phosphoric acid groups is 3. The molecule has 3 aromatic carbocycles. The van der Waals surface area contributed by atoms with E-state index in [1.165, 1.54) is 24.0 Å². The summed E-state index contributed by atoms with van der Waals surface area (Å²) < 4.78 is 104. The molecule has 9 rings (SSSR count). The fourth-order valence-corrected chi connectivity index (χ4v) is 14.6. The van der Waals surface area contributed by atoms with E-state index >= 15 is 0 Å². The Labute approximate surface area is 560 Å². The molecule has 6 heterocycles. The van der Waals surface area contributed by atoms with Gasteiger partial charge in [0.05, 0.1) is 68.1 Å². The van der Waals surface area contributed by atoms with Crippen LogP contribution in [0.1, 0.15) is 91.1 Å². The number of carbonyl (C=O) groups excluding carboxylic acids is 3. The van der Waals surface area contributed by atoms with Crippen molar-refractivity contribution in [3.05, 3.63) is 121 Å². The number of aryl methyl sites for hydroxylation is 2. The van der Waals surface area contributed by atoms with Crippen molar-refractivity contribution in [2.45, 2.75) is 95.5 Å². The number of amides is 2. The summed E-state index contributed by atoms with van der Waals surface area (Å²) in [4.78, 5) is 87.6. The summed E-state index contributed by atoms with van der Waals surface area (Å²) >= 11 is 0. The minimum absolute atomic E-state index is 0.0103. The molecule has 2 amide bonds. The number of allylic oxidation sites excluding steroid dienone is 1. The third-order valence-corrected chi connectivity index (χ3v) is 19.8. The van der Waals surface area contributed by atoms with Crippen LogP contribution in [-0.2, 0) is 80.2 Å². The van der Waals surface area contributed by atoms with Crippen molar-refractivity contribution in [1.82, 2.24) is 25.2 Å². The van der Waals surface area contributed by atoms with E-state index in [4.69, 9.17) is 62.7 Å². The zero-order valence-corrected chi connectivity index (χ0v) is 56.7. The van der Waals surface area contributed by atoms with E-state index in [0.717, 1.165) is 77.9 Å². The van der Waals surface area contributed by atoms with E-state index < -0.39 is 54.8 Å². The average Bonchev–Trinajstić information content (AvgIpc) is 1.63. The number of aromatic nitrogens is 4. The van der Waals surface area contributed by atoms with Crippen molar-refractivity contribution in [1.29, 1.82) is 0 Å². The maximum atomic E-state index is 13.2. The molecule has 8 N–H and O–H groups in total. The topological polar surface area (TPSA) is 382 Å². The summed E-state index contributed by atoms with van der Waals surface area (Å²) in [6.07, 6.45) is 11.2. The number of phosphoric ester groups is 1. The molecule has 97 heavy (non-hydrogen) atoms. The van der Waals surface area contributed by atoms with Crippen LogP contribution in [-0.4, -0.2) is 150 Å². The zero-order valence-electron chi connectivity index (χ0n) is 54.0. The van der Waals surface area contributed by atoms with Gasteiger partial charge in [0.25, 0.3) is 5.91 Å². The van der Waals surface area contributed by atoms with Gasteiger partial charge in [-0.2, -0.15) is 13.2 Å². The Kier molecular flexibility index (Phi) is 26.1. The van der Waals surface area contributed by atoms with Gasteiger partial charge in [0, 0.05) is 74.5 Å². The number of Topliss-reactive ketones (excluding diaryl/α,β-unsaturated/α-hetero) is 1. The molecule has 6 atom stereocenters. The van der Waals surface area contributed by atoms with Gasteiger partial charge in [0.1, 0.15) is 75.3 Å². The first-order valence-corrected chi connectivity index (χ1v) is 35.9. The van der Waals surface area contributed by atoms with Crippen molar-refractivity contribution >= 4 is 80.6 Å². The summed E-state index contributed by atoms with van der Waals surface area (Å²) in [5, 5.41) is 7.48. The molecular weight excluding hydrogens is 1330 g/mol. The number of carbonyl (C=O) groups is 3. The predicted molar refractivity (Wildman–Crippen MR) is 354 cm³/mol. The number of hydrogen-bond acceptors (Lipinski definition) is 22. The number of fused-ring (bicyclic) bond motifs is 6. The van der Waals surface area contributed by atoms with E-state index in [9.17, 15) is 37.9 Å². The van der Waals surface area contributed by atoms with E-state index in [0.29, 0.717) is 78.4 Å². The second kappa shape index (κ2) is 34.3.